The van der Waals surface area contributed by atoms with Crippen LogP contribution in [0, 0.1) is 5.92 Å². The van der Waals surface area contributed by atoms with Crippen molar-refractivity contribution in [3.05, 3.63) is 23.4 Å². The highest BCUT2D eigenvalue weighted by molar-refractivity contribution is 6.39. The minimum Gasteiger partial charge on any atom is -0.444 e. The van der Waals surface area contributed by atoms with Crippen molar-refractivity contribution in [3.63, 3.8) is 0 Å². The van der Waals surface area contributed by atoms with Gasteiger partial charge >= 0.3 is 17.9 Å². The molecule has 166 valence electrons. The molecule has 0 aromatic carbocycles. The van der Waals surface area contributed by atoms with Gasteiger partial charge in [-0.15, -0.1) is 0 Å². The topological polar surface area (TPSA) is 130 Å². The molecule has 0 radical (unpaired) electrons. The Labute approximate surface area is 180 Å². The molecule has 10 nitrogen and oxygen atoms in total. The summed E-state index contributed by atoms with van der Waals surface area (Å²) >= 11 is 5.72. The number of hydrogen-bond acceptors (Lipinski definition) is 6. The maximum atomic E-state index is 12.3. The van der Waals surface area contributed by atoms with E-state index in [1.165, 1.54) is 23.2 Å². The monoisotopic (exact) mass is 441 g/mol. The summed E-state index contributed by atoms with van der Waals surface area (Å²) in [5.41, 5.74) is -0.738. The van der Waals surface area contributed by atoms with Crippen molar-refractivity contribution in [2.45, 2.75) is 39.3 Å². The molecule has 0 aliphatic heterocycles. The molecule has 11 heteroatoms. The molecule has 3 N–H and O–H groups in total. The van der Waals surface area contributed by atoms with Crippen LogP contribution in [0.15, 0.2) is 18.3 Å². The van der Waals surface area contributed by atoms with Gasteiger partial charge in [-0.3, -0.25) is 14.4 Å². The van der Waals surface area contributed by atoms with Crippen LogP contribution < -0.4 is 16.0 Å². The minimum absolute atomic E-state index is 0.152. The molecule has 0 aliphatic rings. The van der Waals surface area contributed by atoms with Crippen LogP contribution in [0.4, 0.5) is 10.6 Å². The zero-order chi connectivity index (χ0) is 23.1. The van der Waals surface area contributed by atoms with Crippen LogP contribution in [0.3, 0.4) is 0 Å². The van der Waals surface area contributed by atoms with Crippen molar-refractivity contribution in [3.8, 4) is 0 Å². The van der Waals surface area contributed by atoms with Gasteiger partial charge in [-0.2, -0.15) is 0 Å². The number of ether oxygens (including phenoxy) is 1. The van der Waals surface area contributed by atoms with Crippen LogP contribution in [-0.4, -0.2) is 66.0 Å². The normalized spacial score (nSPS) is 12.9. The molecule has 0 spiro atoms. The van der Waals surface area contributed by atoms with Gasteiger partial charge in [-0.25, -0.2) is 9.78 Å². The molecule has 0 saturated heterocycles. The van der Waals surface area contributed by atoms with E-state index in [2.05, 4.69) is 20.9 Å². The number of amides is 4. The summed E-state index contributed by atoms with van der Waals surface area (Å²) in [6.45, 7) is 6.54. The molecular weight excluding hydrogens is 414 g/mol. The SMILES string of the molecule is CC(C(=O)N(C)C)[C@H](CNC(=O)C(=O)Nc1ccc(Cl)cn1)NC(=O)OC(C)(C)C. The summed E-state index contributed by atoms with van der Waals surface area (Å²) in [5, 5.41) is 7.70. The van der Waals surface area contributed by atoms with Crippen molar-refractivity contribution < 1.29 is 23.9 Å². The quantitative estimate of drug-likeness (QED) is 0.572. The van der Waals surface area contributed by atoms with Crippen molar-refractivity contribution >= 4 is 41.2 Å². The summed E-state index contributed by atoms with van der Waals surface area (Å²) in [6, 6.07) is 2.15. The second-order valence-electron chi connectivity index (χ2n) is 7.80. The third-order valence-corrected chi connectivity index (χ3v) is 4.02. The van der Waals surface area contributed by atoms with E-state index in [-0.39, 0.29) is 18.3 Å². The lowest BCUT2D eigenvalue weighted by Crippen LogP contribution is -2.53. The first-order chi connectivity index (χ1) is 13.8. The maximum absolute atomic E-state index is 12.3. The number of carbonyl (C=O) groups excluding carboxylic acids is 4. The molecule has 0 bridgehead atoms. The fraction of sp³-hybridized carbons (Fsp3) is 0.526. The van der Waals surface area contributed by atoms with E-state index in [1.807, 2.05) is 0 Å². The van der Waals surface area contributed by atoms with Crippen molar-refractivity contribution in [2.24, 2.45) is 5.92 Å². The van der Waals surface area contributed by atoms with Crippen molar-refractivity contribution in [1.29, 1.82) is 0 Å². The number of alkyl carbamates (subject to hydrolysis) is 1. The first-order valence-electron chi connectivity index (χ1n) is 9.21. The summed E-state index contributed by atoms with van der Waals surface area (Å²) in [5.74, 6) is -2.70. The molecule has 1 rings (SSSR count). The Morgan fingerprint density at radius 3 is 2.30 bits per heavy atom. The van der Waals surface area contributed by atoms with E-state index >= 15 is 0 Å². The number of anilines is 1. The lowest BCUT2D eigenvalue weighted by Gasteiger charge is -2.28. The van der Waals surface area contributed by atoms with E-state index < -0.39 is 35.5 Å². The van der Waals surface area contributed by atoms with Gasteiger partial charge in [0.05, 0.1) is 17.0 Å². The van der Waals surface area contributed by atoms with Gasteiger partial charge in [0.15, 0.2) is 0 Å². The largest absolute Gasteiger partial charge is 0.444 e. The summed E-state index contributed by atoms with van der Waals surface area (Å²) in [7, 11) is 3.16. The van der Waals surface area contributed by atoms with Gasteiger partial charge in [0.2, 0.25) is 5.91 Å². The third-order valence-electron chi connectivity index (χ3n) is 3.79. The predicted molar refractivity (Wildman–Crippen MR) is 112 cm³/mol. The van der Waals surface area contributed by atoms with Gasteiger partial charge in [0, 0.05) is 26.8 Å². The van der Waals surface area contributed by atoms with E-state index in [0.29, 0.717) is 5.02 Å². The Morgan fingerprint density at radius 2 is 1.80 bits per heavy atom. The smallest absolute Gasteiger partial charge is 0.407 e. The summed E-state index contributed by atoms with van der Waals surface area (Å²) in [6.07, 6.45) is 0.583. The molecule has 1 heterocycles. The van der Waals surface area contributed by atoms with Gasteiger partial charge in [-0.1, -0.05) is 18.5 Å². The Kier molecular flexibility index (Phi) is 9.03. The van der Waals surface area contributed by atoms with Gasteiger partial charge < -0.3 is 25.6 Å². The fourth-order valence-electron chi connectivity index (χ4n) is 2.30. The van der Waals surface area contributed by atoms with Crippen LogP contribution in [-0.2, 0) is 19.1 Å². The Morgan fingerprint density at radius 1 is 1.17 bits per heavy atom. The molecule has 0 aliphatic carbocycles. The minimum atomic E-state index is -0.952. The average molecular weight is 442 g/mol. The molecule has 1 unspecified atom stereocenters. The second-order valence-corrected chi connectivity index (χ2v) is 8.24. The molecule has 2 atom stereocenters. The number of rotatable bonds is 6. The zero-order valence-corrected chi connectivity index (χ0v) is 18.7. The highest BCUT2D eigenvalue weighted by Crippen LogP contribution is 2.11. The maximum Gasteiger partial charge on any atom is 0.407 e. The first kappa shape index (κ1) is 25.2. The average Bonchev–Trinajstić information content (AvgIpc) is 2.63. The molecule has 0 fully saturated rings. The molecular formula is C19H28ClN5O5. The molecule has 4 amide bonds. The lowest BCUT2D eigenvalue weighted by atomic mass is 10.0. The highest BCUT2D eigenvalue weighted by Gasteiger charge is 2.29. The van der Waals surface area contributed by atoms with Gasteiger partial charge in [-0.05, 0) is 32.9 Å². The van der Waals surface area contributed by atoms with E-state index in [9.17, 15) is 19.2 Å². The number of hydrogen-bond donors (Lipinski definition) is 3. The number of nitrogens with zero attached hydrogens (tertiary/aromatic N) is 2. The number of pyridine rings is 1. The number of aromatic nitrogens is 1. The van der Waals surface area contributed by atoms with Gasteiger partial charge in [0.25, 0.3) is 0 Å². The van der Waals surface area contributed by atoms with E-state index in [1.54, 1.807) is 41.8 Å². The lowest BCUT2D eigenvalue weighted by molar-refractivity contribution is -0.136. The standard InChI is InChI=1S/C19H28ClN5O5/c1-11(17(28)25(5)6)13(23-18(29)30-19(2,3)4)10-22-15(26)16(27)24-14-8-7-12(20)9-21-14/h7-9,11,13H,10H2,1-6H3,(H,22,26)(H,23,29)(H,21,24,27)/t11?,13-/m0/s1. The number of nitrogens with one attached hydrogen (secondary N) is 3. The Hall–Kier alpha value is -2.88. The number of carbonyl (C=O) groups is 4. The summed E-state index contributed by atoms with van der Waals surface area (Å²) < 4.78 is 5.22. The molecule has 1 aromatic rings. The van der Waals surface area contributed by atoms with E-state index in [0.717, 1.165) is 0 Å². The zero-order valence-electron chi connectivity index (χ0n) is 17.9. The van der Waals surface area contributed by atoms with Crippen LogP contribution in [0.25, 0.3) is 0 Å². The third kappa shape index (κ3) is 8.64. The van der Waals surface area contributed by atoms with Crippen LogP contribution in [0.5, 0.6) is 0 Å². The van der Waals surface area contributed by atoms with Gasteiger partial charge in [0.1, 0.15) is 11.4 Å². The van der Waals surface area contributed by atoms with Crippen LogP contribution in [0.2, 0.25) is 5.02 Å². The Bertz CT molecular complexity index is 777. The Balaban J connectivity index is 2.78. The first-order valence-corrected chi connectivity index (χ1v) is 9.59. The van der Waals surface area contributed by atoms with Crippen molar-refractivity contribution in [1.82, 2.24) is 20.5 Å². The molecule has 30 heavy (non-hydrogen) atoms. The predicted octanol–water partition coefficient (Wildman–Crippen LogP) is 1.41. The highest BCUT2D eigenvalue weighted by atomic mass is 35.5. The van der Waals surface area contributed by atoms with Crippen molar-refractivity contribution in [2.75, 3.05) is 26.0 Å². The molecule has 1 aromatic heterocycles. The second kappa shape index (κ2) is 10.8. The van der Waals surface area contributed by atoms with Crippen LogP contribution in [0.1, 0.15) is 27.7 Å². The number of halogens is 1. The fourth-order valence-corrected chi connectivity index (χ4v) is 2.41. The van der Waals surface area contributed by atoms with Crippen LogP contribution >= 0.6 is 11.6 Å². The van der Waals surface area contributed by atoms with E-state index in [4.69, 9.17) is 16.3 Å². The summed E-state index contributed by atoms with van der Waals surface area (Å²) in [4.78, 5) is 53.9. The molecule has 0 saturated carbocycles.